The smallest absolute Gasteiger partial charge is 0.387 e. The molecule has 1 atom stereocenters. The number of morpholine rings is 1. The molecule has 10 aromatic rings. The number of aromatic nitrogens is 10. The van der Waals surface area contributed by atoms with Gasteiger partial charge in [-0.3, -0.25) is 19.8 Å². The molecule has 5 N–H and O–H groups in total. The van der Waals surface area contributed by atoms with E-state index in [4.69, 9.17) is 23.7 Å². The zero-order valence-corrected chi connectivity index (χ0v) is 41.6. The SMILES string of the molecule is CN1CCc2ccc(Oc3ccc(OC(F)F)c(-c4[nH]ncc4NC(=O)c4cnn5cccnc45)c3)cc2C1.O=C(Nc1cn[nH]c1-c1cc(Oc2cccc([C@H]3CNCCO3)c2)ccc1OC(F)F)c1cnn2cccnc12. The van der Waals surface area contributed by atoms with Gasteiger partial charge in [-0.1, -0.05) is 18.2 Å². The van der Waals surface area contributed by atoms with E-state index < -0.39 is 25.0 Å². The van der Waals surface area contributed by atoms with Crippen LogP contribution in [0.15, 0.2) is 141 Å². The maximum absolute atomic E-state index is 13.3. The van der Waals surface area contributed by atoms with Crippen LogP contribution >= 0.6 is 0 Å². The van der Waals surface area contributed by atoms with E-state index in [9.17, 15) is 27.2 Å². The van der Waals surface area contributed by atoms with E-state index in [0.29, 0.717) is 47.4 Å². The predicted octanol–water partition coefficient (Wildman–Crippen LogP) is 9.18. The number of anilines is 2. The van der Waals surface area contributed by atoms with Crippen molar-refractivity contribution < 1.29 is 50.8 Å². The molecule has 0 aliphatic carbocycles. The zero-order chi connectivity index (χ0) is 54.4. The first-order valence-corrected chi connectivity index (χ1v) is 24.5. The maximum Gasteiger partial charge on any atom is 0.387 e. The Balaban J connectivity index is 0.000000167. The van der Waals surface area contributed by atoms with Crippen molar-refractivity contribution in [3.63, 3.8) is 0 Å². The number of hydrogen-bond acceptors (Lipinski definition) is 15. The van der Waals surface area contributed by atoms with Crippen LogP contribution in [-0.2, 0) is 17.7 Å². The molecule has 12 rings (SSSR count). The number of halogens is 4. The van der Waals surface area contributed by atoms with Crippen LogP contribution in [0.4, 0.5) is 28.9 Å². The summed E-state index contributed by atoms with van der Waals surface area (Å²) < 4.78 is 83.5. The molecule has 25 heteroatoms. The standard InChI is InChI=1S/C27H23F2N7O4.C27H23F2N7O3/c28-27(29)40-22-6-5-18(39-17-4-1-3-16(11-17)23-15-30-8-10-38-23)12-19(22)24-21(14-32-35-24)34-26(37)20-13-33-36-9-2-7-31-25(20)36;1-35-10-7-16-3-4-18(11-17(16)15-35)38-19-5-6-23(39-27(28)29)20(12-19)24-22(14-31-34-24)33-26(37)21-13-32-36-9-2-8-30-25(21)36/h1-7,9,11-14,23,27,30H,8,10,15H2,(H,32,35)(H,34,37);2-6,8-9,11-14,27H,7,10,15H2,1H3,(H,31,34)(H,33,37)/t23-;/m1./s1. The lowest BCUT2D eigenvalue weighted by Gasteiger charge is -2.25. The minimum atomic E-state index is -3.07. The molecule has 1 fully saturated rings. The Hall–Kier alpha value is -9.72. The van der Waals surface area contributed by atoms with Gasteiger partial charge in [0.1, 0.15) is 45.6 Å². The van der Waals surface area contributed by atoms with Crippen molar-refractivity contribution in [2.45, 2.75) is 32.3 Å². The normalized spacial score (nSPS) is 14.4. The molecule has 0 radical (unpaired) electrons. The summed E-state index contributed by atoms with van der Waals surface area (Å²) in [5.74, 6) is 0.683. The van der Waals surface area contributed by atoms with Gasteiger partial charge in [-0.05, 0) is 103 Å². The minimum Gasteiger partial charge on any atom is -0.457 e. The number of nitrogens with one attached hydrogen (secondary N) is 5. The van der Waals surface area contributed by atoms with Crippen molar-refractivity contribution >= 4 is 34.5 Å². The summed E-state index contributed by atoms with van der Waals surface area (Å²) in [6.07, 6.45) is 12.8. The van der Waals surface area contributed by atoms with Gasteiger partial charge in [0.05, 0.1) is 60.3 Å². The van der Waals surface area contributed by atoms with Gasteiger partial charge in [0.2, 0.25) is 0 Å². The van der Waals surface area contributed by atoms with Gasteiger partial charge in [0.25, 0.3) is 11.8 Å². The Kier molecular flexibility index (Phi) is 14.9. The van der Waals surface area contributed by atoms with Crippen LogP contribution in [0.5, 0.6) is 34.5 Å². The number of fused-ring (bicyclic) bond motifs is 3. The summed E-state index contributed by atoms with van der Waals surface area (Å²) in [5, 5.41) is 30.6. The Morgan fingerprint density at radius 1 is 0.671 bits per heavy atom. The van der Waals surface area contributed by atoms with E-state index in [1.807, 2.05) is 36.4 Å². The van der Waals surface area contributed by atoms with Crippen LogP contribution in [0.3, 0.4) is 0 Å². The summed E-state index contributed by atoms with van der Waals surface area (Å²) in [5.41, 5.74) is 6.04. The molecule has 21 nitrogen and oxygen atoms in total. The molecule has 0 bridgehead atoms. The van der Waals surface area contributed by atoms with E-state index in [1.165, 1.54) is 69.2 Å². The Labute approximate surface area is 445 Å². The van der Waals surface area contributed by atoms with Crippen molar-refractivity contribution in [2.75, 3.05) is 43.9 Å². The van der Waals surface area contributed by atoms with Crippen LogP contribution in [-0.4, -0.2) is 113 Å². The summed E-state index contributed by atoms with van der Waals surface area (Å²) in [6.45, 7) is -2.21. The first-order valence-electron chi connectivity index (χ1n) is 24.5. The highest BCUT2D eigenvalue weighted by molar-refractivity contribution is 6.10. The van der Waals surface area contributed by atoms with E-state index in [0.717, 1.165) is 31.6 Å². The largest absolute Gasteiger partial charge is 0.457 e. The van der Waals surface area contributed by atoms with E-state index in [1.54, 1.807) is 55.1 Å². The quantitative estimate of drug-likeness (QED) is 0.0602. The van der Waals surface area contributed by atoms with Crippen molar-refractivity contribution in [1.29, 1.82) is 0 Å². The fraction of sp³-hybridized carbons (Fsp3) is 0.185. The molecule has 0 spiro atoms. The van der Waals surface area contributed by atoms with Crippen LogP contribution in [0.25, 0.3) is 33.8 Å². The number of aromatic amines is 2. The monoisotopic (exact) mass is 1080 g/mol. The highest BCUT2D eigenvalue weighted by Crippen LogP contribution is 2.41. The van der Waals surface area contributed by atoms with Crippen molar-refractivity contribution in [2.24, 2.45) is 0 Å². The highest BCUT2D eigenvalue weighted by atomic mass is 19.3. The van der Waals surface area contributed by atoms with Crippen LogP contribution in [0.1, 0.15) is 43.5 Å². The number of nitrogens with zero attached hydrogens (tertiary/aromatic N) is 9. The summed E-state index contributed by atoms with van der Waals surface area (Å²) in [4.78, 5) is 36.7. The van der Waals surface area contributed by atoms with Gasteiger partial charge in [0, 0.05) is 62.1 Å². The molecule has 2 amide bonds. The van der Waals surface area contributed by atoms with Gasteiger partial charge >= 0.3 is 13.2 Å². The lowest BCUT2D eigenvalue weighted by molar-refractivity contribution is -0.0501. The number of likely N-dealkylation sites (N-methyl/N-ethyl adjacent to an activating group) is 1. The van der Waals surface area contributed by atoms with Crippen molar-refractivity contribution in [1.82, 2.24) is 59.8 Å². The molecule has 402 valence electrons. The maximum atomic E-state index is 13.3. The molecular weight excluding hydrogens is 1030 g/mol. The molecular formula is C54H46F4N14O7. The average molecular weight is 1080 g/mol. The number of amides is 2. The van der Waals surface area contributed by atoms with E-state index in [2.05, 4.69) is 68.5 Å². The number of ether oxygens (including phenoxy) is 5. The minimum absolute atomic E-state index is 0.103. The van der Waals surface area contributed by atoms with Crippen molar-refractivity contribution in [3.05, 3.63) is 168 Å². The molecule has 79 heavy (non-hydrogen) atoms. The van der Waals surface area contributed by atoms with Gasteiger partial charge in [-0.2, -0.15) is 38.0 Å². The van der Waals surface area contributed by atoms with Crippen LogP contribution < -0.4 is 34.9 Å². The second kappa shape index (κ2) is 22.9. The third-order valence-electron chi connectivity index (χ3n) is 12.7. The van der Waals surface area contributed by atoms with E-state index >= 15 is 0 Å². The van der Waals surface area contributed by atoms with Gasteiger partial charge in [0.15, 0.2) is 11.3 Å². The molecule has 2 aliphatic heterocycles. The summed E-state index contributed by atoms with van der Waals surface area (Å²) >= 11 is 0. The Morgan fingerprint density at radius 2 is 1.23 bits per heavy atom. The molecule has 6 aromatic heterocycles. The highest BCUT2D eigenvalue weighted by Gasteiger charge is 2.24. The lowest BCUT2D eigenvalue weighted by atomic mass is 10.00. The van der Waals surface area contributed by atoms with Gasteiger partial charge in [-0.25, -0.2) is 19.0 Å². The predicted molar refractivity (Wildman–Crippen MR) is 278 cm³/mol. The zero-order valence-electron chi connectivity index (χ0n) is 41.6. The topological polar surface area (TPSA) is 237 Å². The molecule has 0 unspecified atom stereocenters. The molecule has 1 saturated heterocycles. The summed E-state index contributed by atoms with van der Waals surface area (Å²) in [6, 6.07) is 25.7. The number of carbonyl (C=O) groups excluding carboxylic acids is 2. The van der Waals surface area contributed by atoms with Crippen LogP contribution in [0.2, 0.25) is 0 Å². The fourth-order valence-electron chi connectivity index (χ4n) is 9.03. The van der Waals surface area contributed by atoms with E-state index in [-0.39, 0.29) is 62.6 Å². The molecule has 8 heterocycles. The lowest BCUT2D eigenvalue weighted by Crippen LogP contribution is -2.33. The van der Waals surface area contributed by atoms with Crippen molar-refractivity contribution in [3.8, 4) is 57.0 Å². The summed E-state index contributed by atoms with van der Waals surface area (Å²) in [7, 11) is 2.07. The second-order valence-corrected chi connectivity index (χ2v) is 17.9. The third-order valence-corrected chi connectivity index (χ3v) is 12.7. The second-order valence-electron chi connectivity index (χ2n) is 17.9. The number of hydrogen-bond donors (Lipinski definition) is 5. The van der Waals surface area contributed by atoms with Crippen LogP contribution in [0, 0.1) is 0 Å². The number of rotatable bonds is 15. The number of alkyl halides is 4. The molecule has 2 aliphatic rings. The fourth-order valence-corrected chi connectivity index (χ4v) is 9.03. The number of carbonyl (C=O) groups is 2. The number of benzene rings is 4. The van der Waals surface area contributed by atoms with Gasteiger partial charge in [-0.15, -0.1) is 0 Å². The third kappa shape index (κ3) is 11.7. The average Bonchev–Trinajstić information content (AvgIpc) is 4.39. The van der Waals surface area contributed by atoms with Gasteiger partial charge < -0.3 is 44.5 Å². The first-order chi connectivity index (χ1) is 38.5. The molecule has 4 aromatic carbocycles. The molecule has 0 saturated carbocycles. The number of H-pyrrole nitrogens is 2. The Morgan fingerprint density at radius 3 is 1.78 bits per heavy atom. The first kappa shape index (κ1) is 51.4. The Bertz CT molecular complexity index is 3800.